The van der Waals surface area contributed by atoms with E-state index in [1.54, 1.807) is 0 Å². The molecule has 0 fully saturated rings. The third kappa shape index (κ3) is 4.10. The number of benzene rings is 2. The van der Waals surface area contributed by atoms with Crippen LogP contribution in [0.2, 0.25) is 0 Å². The van der Waals surface area contributed by atoms with Gasteiger partial charge in [0.1, 0.15) is 5.75 Å². The molecule has 0 spiro atoms. The zero-order valence-electron chi connectivity index (χ0n) is 13.6. The molecule has 1 unspecified atom stereocenters. The van der Waals surface area contributed by atoms with Crippen molar-refractivity contribution in [2.24, 2.45) is 0 Å². The van der Waals surface area contributed by atoms with Crippen molar-refractivity contribution in [3.05, 3.63) is 59.2 Å². The van der Waals surface area contributed by atoms with Crippen molar-refractivity contribution < 1.29 is 9.53 Å². The third-order valence-corrected chi connectivity index (χ3v) is 3.74. The van der Waals surface area contributed by atoms with E-state index in [9.17, 15) is 4.79 Å². The lowest BCUT2D eigenvalue weighted by molar-refractivity contribution is -0.122. The van der Waals surface area contributed by atoms with Gasteiger partial charge in [-0.2, -0.15) is 0 Å². The summed E-state index contributed by atoms with van der Waals surface area (Å²) in [4.78, 5) is 12.3. The predicted octanol–water partition coefficient (Wildman–Crippen LogP) is 4.41. The molecule has 0 aliphatic carbocycles. The van der Waals surface area contributed by atoms with E-state index in [2.05, 4.69) is 12.2 Å². The van der Waals surface area contributed by atoms with E-state index in [-0.39, 0.29) is 5.91 Å². The van der Waals surface area contributed by atoms with Gasteiger partial charge >= 0.3 is 0 Å². The molecular weight excluding hydrogens is 274 g/mol. The Morgan fingerprint density at radius 1 is 1.05 bits per heavy atom. The minimum absolute atomic E-state index is 0.121. The van der Waals surface area contributed by atoms with Crippen molar-refractivity contribution in [3.63, 3.8) is 0 Å². The van der Waals surface area contributed by atoms with Crippen LogP contribution in [-0.4, -0.2) is 12.0 Å². The summed E-state index contributed by atoms with van der Waals surface area (Å²) >= 11 is 0. The first kappa shape index (κ1) is 16.1. The molecule has 2 rings (SSSR count). The lowest BCUT2D eigenvalue weighted by Crippen LogP contribution is -2.32. The summed E-state index contributed by atoms with van der Waals surface area (Å²) in [6, 6.07) is 13.6. The van der Waals surface area contributed by atoms with Crippen LogP contribution in [0.25, 0.3) is 0 Å². The lowest BCUT2D eigenvalue weighted by atomic mass is 10.1. The first-order valence-corrected chi connectivity index (χ1v) is 7.61. The average Bonchev–Trinajstić information content (AvgIpc) is 2.50. The molecule has 1 amide bonds. The van der Waals surface area contributed by atoms with E-state index in [1.807, 2.05) is 63.2 Å². The molecule has 1 atom stereocenters. The highest BCUT2D eigenvalue weighted by Crippen LogP contribution is 2.19. The maximum Gasteiger partial charge on any atom is 0.265 e. The average molecular weight is 297 g/mol. The predicted molar refractivity (Wildman–Crippen MR) is 90.4 cm³/mol. The Morgan fingerprint density at radius 2 is 1.73 bits per heavy atom. The van der Waals surface area contributed by atoms with E-state index < -0.39 is 6.10 Å². The lowest BCUT2D eigenvalue weighted by Gasteiger charge is -2.18. The quantitative estimate of drug-likeness (QED) is 0.888. The Kier molecular flexibility index (Phi) is 5.21. The fourth-order valence-electron chi connectivity index (χ4n) is 2.13. The van der Waals surface area contributed by atoms with E-state index in [0.29, 0.717) is 6.42 Å². The first-order valence-electron chi connectivity index (χ1n) is 7.61. The van der Waals surface area contributed by atoms with Crippen LogP contribution in [0.1, 0.15) is 30.0 Å². The van der Waals surface area contributed by atoms with Crippen LogP contribution in [0.15, 0.2) is 42.5 Å². The fourth-order valence-corrected chi connectivity index (χ4v) is 2.13. The second-order valence-electron chi connectivity index (χ2n) is 5.62. The number of anilines is 1. The Morgan fingerprint density at radius 3 is 2.32 bits per heavy atom. The number of carbonyl (C=O) groups is 1. The van der Waals surface area contributed by atoms with Gasteiger partial charge in [0, 0.05) is 5.69 Å². The van der Waals surface area contributed by atoms with Crippen molar-refractivity contribution in [3.8, 4) is 5.75 Å². The molecule has 3 heteroatoms. The van der Waals surface area contributed by atoms with Gasteiger partial charge in [0.15, 0.2) is 6.10 Å². The van der Waals surface area contributed by atoms with Gasteiger partial charge in [0.2, 0.25) is 0 Å². The molecule has 0 heterocycles. The summed E-state index contributed by atoms with van der Waals surface area (Å²) in [7, 11) is 0. The van der Waals surface area contributed by atoms with Crippen LogP contribution >= 0.6 is 0 Å². The van der Waals surface area contributed by atoms with Gasteiger partial charge in [0.05, 0.1) is 0 Å². The number of carbonyl (C=O) groups excluding carboxylic acids is 1. The molecule has 0 aliphatic heterocycles. The van der Waals surface area contributed by atoms with Crippen molar-refractivity contribution in [2.45, 2.75) is 40.2 Å². The van der Waals surface area contributed by atoms with E-state index >= 15 is 0 Å². The van der Waals surface area contributed by atoms with Crippen LogP contribution in [0.5, 0.6) is 5.75 Å². The van der Waals surface area contributed by atoms with Crippen molar-refractivity contribution in [1.29, 1.82) is 0 Å². The molecule has 3 nitrogen and oxygen atoms in total. The van der Waals surface area contributed by atoms with E-state index in [0.717, 1.165) is 22.6 Å². The number of hydrogen-bond donors (Lipinski definition) is 1. The number of hydrogen-bond acceptors (Lipinski definition) is 2. The zero-order chi connectivity index (χ0) is 16.1. The van der Waals surface area contributed by atoms with Crippen molar-refractivity contribution in [1.82, 2.24) is 0 Å². The third-order valence-electron chi connectivity index (χ3n) is 3.74. The largest absolute Gasteiger partial charge is 0.481 e. The second-order valence-corrected chi connectivity index (χ2v) is 5.62. The monoisotopic (exact) mass is 297 g/mol. The number of amides is 1. The van der Waals surface area contributed by atoms with Gasteiger partial charge < -0.3 is 10.1 Å². The van der Waals surface area contributed by atoms with Gasteiger partial charge in [0.25, 0.3) is 5.91 Å². The first-order chi connectivity index (χ1) is 10.5. The maximum absolute atomic E-state index is 12.3. The molecule has 116 valence electrons. The number of nitrogens with one attached hydrogen (secondary N) is 1. The molecule has 2 aromatic rings. The molecule has 0 radical (unpaired) electrons. The normalized spacial score (nSPS) is 11.8. The standard InChI is InChI=1S/C19H23NO2/c1-5-18(22-17-11-8-14(3)15(4)12-17)19(21)20-16-9-6-13(2)7-10-16/h6-12,18H,5H2,1-4H3,(H,20,21). The van der Waals surface area contributed by atoms with Gasteiger partial charge in [-0.1, -0.05) is 30.7 Å². The molecular formula is C19H23NO2. The van der Waals surface area contributed by atoms with Crippen LogP contribution in [0.3, 0.4) is 0 Å². The molecule has 0 aliphatic rings. The zero-order valence-corrected chi connectivity index (χ0v) is 13.6. The highest BCUT2D eigenvalue weighted by atomic mass is 16.5. The van der Waals surface area contributed by atoms with Gasteiger partial charge in [-0.25, -0.2) is 0 Å². The number of rotatable bonds is 5. The summed E-state index contributed by atoms with van der Waals surface area (Å²) in [5, 5.41) is 2.90. The van der Waals surface area contributed by atoms with Gasteiger partial charge in [-0.05, 0) is 62.6 Å². The highest BCUT2D eigenvalue weighted by Gasteiger charge is 2.18. The maximum atomic E-state index is 12.3. The Hall–Kier alpha value is -2.29. The Bertz CT molecular complexity index is 647. The summed E-state index contributed by atoms with van der Waals surface area (Å²) in [6.45, 7) is 8.06. The molecule has 22 heavy (non-hydrogen) atoms. The summed E-state index contributed by atoms with van der Waals surface area (Å²) in [6.07, 6.45) is 0.119. The number of ether oxygens (including phenoxy) is 1. The van der Waals surface area contributed by atoms with E-state index in [4.69, 9.17) is 4.74 Å². The van der Waals surface area contributed by atoms with Crippen LogP contribution in [0, 0.1) is 20.8 Å². The molecule has 0 saturated carbocycles. The van der Waals surface area contributed by atoms with Gasteiger partial charge in [-0.15, -0.1) is 0 Å². The summed E-state index contributed by atoms with van der Waals surface area (Å²) < 4.78 is 5.85. The second kappa shape index (κ2) is 7.12. The number of aryl methyl sites for hydroxylation is 3. The molecule has 0 bridgehead atoms. The van der Waals surface area contributed by atoms with Crippen LogP contribution in [-0.2, 0) is 4.79 Å². The van der Waals surface area contributed by atoms with Crippen LogP contribution < -0.4 is 10.1 Å². The topological polar surface area (TPSA) is 38.3 Å². The molecule has 1 N–H and O–H groups in total. The van der Waals surface area contributed by atoms with Gasteiger partial charge in [-0.3, -0.25) is 4.79 Å². The highest BCUT2D eigenvalue weighted by molar-refractivity contribution is 5.94. The van der Waals surface area contributed by atoms with Crippen molar-refractivity contribution in [2.75, 3.05) is 5.32 Å². The molecule has 0 saturated heterocycles. The molecule has 2 aromatic carbocycles. The van der Waals surface area contributed by atoms with E-state index in [1.165, 1.54) is 5.56 Å². The summed E-state index contributed by atoms with van der Waals surface area (Å²) in [5.74, 6) is 0.610. The molecule has 0 aromatic heterocycles. The fraction of sp³-hybridized carbons (Fsp3) is 0.316. The SMILES string of the molecule is CCC(Oc1ccc(C)c(C)c1)C(=O)Nc1ccc(C)cc1. The smallest absolute Gasteiger partial charge is 0.265 e. The van der Waals surface area contributed by atoms with Crippen molar-refractivity contribution >= 4 is 11.6 Å². The Balaban J connectivity index is 2.05. The minimum Gasteiger partial charge on any atom is -0.481 e. The summed E-state index contributed by atoms with van der Waals surface area (Å²) in [5.41, 5.74) is 4.32. The minimum atomic E-state index is -0.497. The Labute approximate surface area is 132 Å². The van der Waals surface area contributed by atoms with Crippen LogP contribution in [0.4, 0.5) is 5.69 Å².